The van der Waals surface area contributed by atoms with E-state index in [9.17, 15) is 4.79 Å². The van der Waals surface area contributed by atoms with E-state index in [4.69, 9.17) is 9.47 Å². The van der Waals surface area contributed by atoms with Gasteiger partial charge in [0.2, 0.25) is 30.0 Å². The van der Waals surface area contributed by atoms with Gasteiger partial charge in [0, 0.05) is 27.7 Å². The maximum absolute atomic E-state index is 11.4. The third-order valence-corrected chi connectivity index (χ3v) is 3.97. The SMILES string of the molecule is C=CC(=O)NCN(C)c1nc(N(C)CC)nc(N(CNC2OC2=C)COC)n1. The minimum Gasteiger partial charge on any atom is -0.467 e. The fourth-order valence-electron chi connectivity index (χ4n) is 2.10. The van der Waals surface area contributed by atoms with Crippen molar-refractivity contribution >= 4 is 23.8 Å². The molecule has 1 aliphatic rings. The molecule has 1 fully saturated rings. The Morgan fingerprint density at radius 2 is 1.82 bits per heavy atom. The minimum atomic E-state index is -0.276. The van der Waals surface area contributed by atoms with Gasteiger partial charge in [-0.05, 0) is 13.0 Å². The van der Waals surface area contributed by atoms with Crippen LogP contribution in [0.4, 0.5) is 17.8 Å². The van der Waals surface area contributed by atoms with E-state index in [1.54, 1.807) is 19.1 Å². The molecule has 0 radical (unpaired) electrons. The molecule has 2 rings (SSSR count). The molecule has 1 unspecified atom stereocenters. The standard InChI is InChI=1S/C17H28N8O3/c1-7-13(26)18-9-24(5)16-20-15(23(4)8-2)21-17(22-16)25(11-27-6)10-19-14-12(3)28-14/h7,14,19H,1,3,8-11H2,2,4-6H3,(H,18,26). The Hall–Kier alpha value is -2.92. The number of epoxide rings is 1. The summed E-state index contributed by atoms with van der Waals surface area (Å²) >= 11 is 0. The highest BCUT2D eigenvalue weighted by Gasteiger charge is 2.30. The molecule has 1 aliphatic heterocycles. The summed E-state index contributed by atoms with van der Waals surface area (Å²) in [5.41, 5.74) is 0. The maximum atomic E-state index is 11.4. The van der Waals surface area contributed by atoms with Gasteiger partial charge in [-0.2, -0.15) is 15.0 Å². The molecule has 28 heavy (non-hydrogen) atoms. The van der Waals surface area contributed by atoms with E-state index < -0.39 is 0 Å². The lowest BCUT2D eigenvalue weighted by Crippen LogP contribution is -2.39. The first-order valence-corrected chi connectivity index (χ1v) is 8.80. The zero-order chi connectivity index (χ0) is 20.7. The topological polar surface area (TPSA) is 111 Å². The molecule has 2 N–H and O–H groups in total. The maximum Gasteiger partial charge on any atom is 0.244 e. The Kier molecular flexibility index (Phi) is 7.52. The van der Waals surface area contributed by atoms with E-state index in [0.717, 1.165) is 6.54 Å². The number of hydrogen-bond donors (Lipinski definition) is 2. The third kappa shape index (κ3) is 5.79. The Morgan fingerprint density at radius 1 is 1.21 bits per heavy atom. The number of carbonyl (C=O) groups is 1. The van der Waals surface area contributed by atoms with Crippen LogP contribution in [0.5, 0.6) is 0 Å². The van der Waals surface area contributed by atoms with Gasteiger partial charge in [0.15, 0.2) is 0 Å². The predicted molar refractivity (Wildman–Crippen MR) is 107 cm³/mol. The lowest BCUT2D eigenvalue weighted by molar-refractivity contribution is -0.116. The second-order valence-electron chi connectivity index (χ2n) is 6.13. The number of nitrogens with zero attached hydrogens (tertiary/aromatic N) is 6. The lowest BCUT2D eigenvalue weighted by Gasteiger charge is -2.25. The molecule has 1 saturated heterocycles. The van der Waals surface area contributed by atoms with Crippen molar-refractivity contribution in [2.75, 3.05) is 62.5 Å². The number of aromatic nitrogens is 3. The summed E-state index contributed by atoms with van der Waals surface area (Å²) in [4.78, 5) is 30.4. The molecule has 1 atom stereocenters. The molecule has 1 aromatic heterocycles. The zero-order valence-electron chi connectivity index (χ0n) is 16.8. The van der Waals surface area contributed by atoms with Crippen LogP contribution in [0.2, 0.25) is 0 Å². The third-order valence-electron chi connectivity index (χ3n) is 3.97. The van der Waals surface area contributed by atoms with Gasteiger partial charge < -0.3 is 29.5 Å². The van der Waals surface area contributed by atoms with Gasteiger partial charge in [0.25, 0.3) is 0 Å². The van der Waals surface area contributed by atoms with Crippen LogP contribution in [-0.2, 0) is 14.3 Å². The quantitative estimate of drug-likeness (QED) is 0.283. The number of methoxy groups -OCH3 is 1. The first-order valence-electron chi connectivity index (χ1n) is 8.80. The smallest absolute Gasteiger partial charge is 0.244 e. The van der Waals surface area contributed by atoms with E-state index in [2.05, 4.69) is 38.7 Å². The van der Waals surface area contributed by atoms with Crippen molar-refractivity contribution in [2.45, 2.75) is 13.2 Å². The Morgan fingerprint density at radius 3 is 2.36 bits per heavy atom. The van der Waals surface area contributed by atoms with Crippen molar-refractivity contribution in [3.05, 3.63) is 25.0 Å². The minimum absolute atomic E-state index is 0.171. The monoisotopic (exact) mass is 392 g/mol. The molecular weight excluding hydrogens is 364 g/mol. The zero-order valence-corrected chi connectivity index (χ0v) is 16.8. The van der Waals surface area contributed by atoms with E-state index in [-0.39, 0.29) is 25.5 Å². The van der Waals surface area contributed by atoms with E-state index in [0.29, 0.717) is 30.3 Å². The van der Waals surface area contributed by atoms with Crippen molar-refractivity contribution in [3.63, 3.8) is 0 Å². The van der Waals surface area contributed by atoms with Gasteiger partial charge in [-0.1, -0.05) is 13.2 Å². The average molecular weight is 392 g/mol. The molecule has 1 amide bonds. The highest BCUT2D eigenvalue weighted by Crippen LogP contribution is 2.22. The van der Waals surface area contributed by atoms with Crippen molar-refractivity contribution in [2.24, 2.45) is 0 Å². The molecule has 0 saturated carbocycles. The summed E-state index contributed by atoms with van der Waals surface area (Å²) in [6.45, 7) is 10.8. The number of amides is 1. The average Bonchev–Trinajstić information content (AvgIpc) is 3.42. The fraction of sp³-hybridized carbons (Fsp3) is 0.529. The second kappa shape index (κ2) is 9.85. The lowest BCUT2D eigenvalue weighted by atomic mass is 10.6. The predicted octanol–water partition coefficient (Wildman–Crippen LogP) is -0.149. The van der Waals surface area contributed by atoms with Gasteiger partial charge >= 0.3 is 0 Å². The number of rotatable bonds is 12. The molecule has 0 aromatic carbocycles. The number of hydrogen-bond acceptors (Lipinski definition) is 10. The van der Waals surface area contributed by atoms with Crippen LogP contribution in [0.1, 0.15) is 6.92 Å². The fourth-order valence-corrected chi connectivity index (χ4v) is 2.10. The Balaban J connectivity index is 2.24. The van der Waals surface area contributed by atoms with Crippen LogP contribution in [0.25, 0.3) is 0 Å². The van der Waals surface area contributed by atoms with Crippen LogP contribution in [-0.4, -0.2) is 74.9 Å². The molecule has 11 heteroatoms. The van der Waals surface area contributed by atoms with Crippen molar-refractivity contribution in [3.8, 4) is 0 Å². The summed E-state index contributed by atoms with van der Waals surface area (Å²) in [5, 5.41) is 5.88. The van der Waals surface area contributed by atoms with Gasteiger partial charge in [-0.3, -0.25) is 10.1 Å². The second-order valence-corrected chi connectivity index (χ2v) is 6.13. The van der Waals surface area contributed by atoms with Crippen LogP contribution in [0.3, 0.4) is 0 Å². The molecule has 1 aromatic rings. The largest absolute Gasteiger partial charge is 0.467 e. The van der Waals surface area contributed by atoms with E-state index >= 15 is 0 Å². The highest BCUT2D eigenvalue weighted by atomic mass is 16.6. The van der Waals surface area contributed by atoms with Crippen LogP contribution >= 0.6 is 0 Å². The molecule has 0 bridgehead atoms. The van der Waals surface area contributed by atoms with Crippen LogP contribution in [0.15, 0.2) is 25.0 Å². The summed E-state index contributed by atoms with van der Waals surface area (Å²) in [6.07, 6.45) is 1.04. The molecular formula is C17H28N8O3. The van der Waals surface area contributed by atoms with Crippen molar-refractivity contribution in [1.29, 1.82) is 0 Å². The molecule has 0 spiro atoms. The normalized spacial score (nSPS) is 14.9. The van der Waals surface area contributed by atoms with Gasteiger partial charge in [0.05, 0.1) is 13.3 Å². The van der Waals surface area contributed by atoms with Crippen molar-refractivity contribution < 1.29 is 14.3 Å². The van der Waals surface area contributed by atoms with Crippen LogP contribution in [0, 0.1) is 0 Å². The highest BCUT2D eigenvalue weighted by molar-refractivity contribution is 5.86. The van der Waals surface area contributed by atoms with Gasteiger partial charge in [0.1, 0.15) is 12.5 Å². The van der Waals surface area contributed by atoms with E-state index in [1.807, 2.05) is 23.8 Å². The number of nitrogens with one attached hydrogen (secondary N) is 2. The summed E-state index contributed by atoms with van der Waals surface area (Å²) in [6, 6.07) is 0. The van der Waals surface area contributed by atoms with Gasteiger partial charge in [-0.25, -0.2) is 0 Å². The Labute approximate surface area is 165 Å². The summed E-state index contributed by atoms with van der Waals surface area (Å²) < 4.78 is 10.5. The van der Waals surface area contributed by atoms with E-state index in [1.165, 1.54) is 6.08 Å². The van der Waals surface area contributed by atoms with Gasteiger partial charge in [-0.15, -0.1) is 0 Å². The number of carbonyl (C=O) groups excluding carboxylic acids is 1. The first kappa shape index (κ1) is 21.4. The van der Waals surface area contributed by atoms with Crippen molar-refractivity contribution in [1.82, 2.24) is 25.6 Å². The molecule has 0 aliphatic carbocycles. The molecule has 154 valence electrons. The summed E-state index contributed by atoms with van der Waals surface area (Å²) in [5.74, 6) is 1.78. The molecule has 2 heterocycles. The van der Waals surface area contributed by atoms with Crippen LogP contribution < -0.4 is 25.3 Å². The number of ether oxygens (including phenoxy) is 2. The summed E-state index contributed by atoms with van der Waals surface area (Å²) in [7, 11) is 5.26. The first-order chi connectivity index (χ1) is 13.4. The molecule has 11 nitrogen and oxygen atoms in total. The number of anilines is 3. The Bertz CT molecular complexity index is 714.